The molecule has 0 radical (unpaired) electrons. The van der Waals surface area contributed by atoms with E-state index in [0.29, 0.717) is 21.9 Å². The molecular weight excluding hydrogens is 312 g/mol. The van der Waals surface area contributed by atoms with Gasteiger partial charge in [0, 0.05) is 21.9 Å². The van der Waals surface area contributed by atoms with Crippen molar-refractivity contribution in [1.29, 1.82) is 0 Å². The van der Waals surface area contributed by atoms with Crippen LogP contribution in [0.2, 0.25) is 5.02 Å². The number of halogens is 1. The Kier molecular flexibility index (Phi) is 4.17. The first kappa shape index (κ1) is 15.3. The molecule has 0 spiro atoms. The number of ketones is 1. The number of carbonyl (C=O) groups is 2. The number of benzene rings is 2. The SMILES string of the molecule is CC1=C(C(=O)c2ccc(Cl)cc2)C(c2ccccc2)NC(=O)N1. The number of rotatable bonds is 3. The normalized spacial score (nSPS) is 17.5. The van der Waals surface area contributed by atoms with E-state index in [9.17, 15) is 9.59 Å². The third-order valence-electron chi connectivity index (χ3n) is 3.75. The number of carbonyl (C=O) groups excluding carboxylic acids is 2. The maximum atomic E-state index is 12.9. The first-order valence-electron chi connectivity index (χ1n) is 7.20. The fourth-order valence-corrected chi connectivity index (χ4v) is 2.77. The molecule has 4 nitrogen and oxygen atoms in total. The number of hydrogen-bond donors (Lipinski definition) is 2. The molecule has 5 heteroatoms. The fraction of sp³-hybridized carbons (Fsp3) is 0.111. The average molecular weight is 327 g/mol. The van der Waals surface area contributed by atoms with Crippen molar-refractivity contribution in [3.05, 3.63) is 82.0 Å². The predicted octanol–water partition coefficient (Wildman–Crippen LogP) is 3.85. The Morgan fingerprint density at radius 1 is 1.04 bits per heavy atom. The summed E-state index contributed by atoms with van der Waals surface area (Å²) in [6.45, 7) is 1.73. The molecule has 23 heavy (non-hydrogen) atoms. The maximum absolute atomic E-state index is 12.9. The zero-order valence-electron chi connectivity index (χ0n) is 12.5. The van der Waals surface area contributed by atoms with Gasteiger partial charge in [-0.25, -0.2) is 4.79 Å². The van der Waals surface area contributed by atoms with Crippen LogP contribution in [0, 0.1) is 0 Å². The van der Waals surface area contributed by atoms with E-state index in [2.05, 4.69) is 10.6 Å². The van der Waals surface area contributed by atoms with E-state index < -0.39 is 6.04 Å². The number of hydrogen-bond acceptors (Lipinski definition) is 2. The molecule has 2 aromatic carbocycles. The van der Waals surface area contributed by atoms with Gasteiger partial charge in [-0.05, 0) is 36.8 Å². The second kappa shape index (κ2) is 6.26. The Morgan fingerprint density at radius 2 is 1.70 bits per heavy atom. The van der Waals surface area contributed by atoms with Gasteiger partial charge in [-0.3, -0.25) is 4.79 Å². The summed E-state index contributed by atoms with van der Waals surface area (Å²) < 4.78 is 0. The molecule has 1 atom stereocenters. The summed E-state index contributed by atoms with van der Waals surface area (Å²) >= 11 is 5.88. The van der Waals surface area contributed by atoms with Crippen molar-refractivity contribution in [2.45, 2.75) is 13.0 Å². The van der Waals surface area contributed by atoms with E-state index in [0.717, 1.165) is 5.56 Å². The maximum Gasteiger partial charge on any atom is 0.319 e. The number of Topliss-reactive ketones (excluding diaryl/α,β-unsaturated/α-hetero) is 1. The zero-order valence-corrected chi connectivity index (χ0v) is 13.2. The third-order valence-corrected chi connectivity index (χ3v) is 4.01. The molecule has 1 aliphatic heterocycles. The van der Waals surface area contributed by atoms with Gasteiger partial charge in [0.2, 0.25) is 0 Å². The number of urea groups is 1. The largest absolute Gasteiger partial charge is 0.327 e. The minimum atomic E-state index is -0.479. The second-order valence-electron chi connectivity index (χ2n) is 5.32. The lowest BCUT2D eigenvalue weighted by Crippen LogP contribution is -2.45. The summed E-state index contributed by atoms with van der Waals surface area (Å²) in [4.78, 5) is 24.7. The van der Waals surface area contributed by atoms with Gasteiger partial charge in [-0.1, -0.05) is 41.9 Å². The molecule has 1 heterocycles. The molecule has 116 valence electrons. The van der Waals surface area contributed by atoms with Crippen molar-refractivity contribution in [2.75, 3.05) is 0 Å². The van der Waals surface area contributed by atoms with Crippen LogP contribution in [0.1, 0.15) is 28.9 Å². The lowest BCUT2D eigenvalue weighted by Gasteiger charge is -2.28. The van der Waals surface area contributed by atoms with Crippen LogP contribution in [0.15, 0.2) is 65.9 Å². The van der Waals surface area contributed by atoms with Gasteiger partial charge >= 0.3 is 6.03 Å². The Hall–Kier alpha value is -2.59. The Balaban J connectivity index is 2.05. The van der Waals surface area contributed by atoms with E-state index in [1.165, 1.54) is 0 Å². The van der Waals surface area contributed by atoms with E-state index in [-0.39, 0.29) is 11.8 Å². The molecule has 2 N–H and O–H groups in total. The highest BCUT2D eigenvalue weighted by Crippen LogP contribution is 2.29. The fourth-order valence-electron chi connectivity index (χ4n) is 2.65. The van der Waals surface area contributed by atoms with E-state index in [1.54, 1.807) is 31.2 Å². The lowest BCUT2D eigenvalue weighted by molar-refractivity contribution is 0.102. The Morgan fingerprint density at radius 3 is 2.35 bits per heavy atom. The molecule has 3 rings (SSSR count). The van der Waals surface area contributed by atoms with Crippen LogP contribution >= 0.6 is 11.6 Å². The van der Waals surface area contributed by atoms with Gasteiger partial charge in [0.1, 0.15) is 0 Å². The first-order chi connectivity index (χ1) is 11.1. The minimum Gasteiger partial charge on any atom is -0.327 e. The van der Waals surface area contributed by atoms with Crippen LogP contribution in [0.25, 0.3) is 0 Å². The molecule has 1 unspecified atom stereocenters. The van der Waals surface area contributed by atoms with Crippen LogP contribution in [-0.4, -0.2) is 11.8 Å². The van der Waals surface area contributed by atoms with Crippen molar-refractivity contribution < 1.29 is 9.59 Å². The van der Waals surface area contributed by atoms with Gasteiger partial charge in [0.15, 0.2) is 5.78 Å². The Labute approximate surface area is 139 Å². The topological polar surface area (TPSA) is 58.2 Å². The predicted molar refractivity (Wildman–Crippen MR) is 89.3 cm³/mol. The summed E-state index contributed by atoms with van der Waals surface area (Å²) in [5, 5.41) is 6.07. The number of nitrogens with one attached hydrogen (secondary N) is 2. The van der Waals surface area contributed by atoms with Crippen molar-refractivity contribution in [1.82, 2.24) is 10.6 Å². The van der Waals surface area contributed by atoms with Gasteiger partial charge in [-0.2, -0.15) is 0 Å². The molecule has 0 aliphatic carbocycles. The highest BCUT2D eigenvalue weighted by molar-refractivity contribution is 6.30. The highest BCUT2D eigenvalue weighted by Gasteiger charge is 2.31. The van der Waals surface area contributed by atoms with E-state index in [4.69, 9.17) is 11.6 Å². The van der Waals surface area contributed by atoms with E-state index in [1.807, 2.05) is 30.3 Å². The molecule has 2 amide bonds. The molecule has 1 aliphatic rings. The van der Waals surface area contributed by atoms with Gasteiger partial charge in [0.25, 0.3) is 0 Å². The second-order valence-corrected chi connectivity index (χ2v) is 5.75. The number of amides is 2. The molecule has 0 bridgehead atoms. The molecule has 0 saturated heterocycles. The third kappa shape index (κ3) is 3.12. The monoisotopic (exact) mass is 326 g/mol. The summed E-state index contributed by atoms with van der Waals surface area (Å²) in [5.74, 6) is -0.138. The summed E-state index contributed by atoms with van der Waals surface area (Å²) in [7, 11) is 0. The van der Waals surface area contributed by atoms with Crippen LogP contribution in [-0.2, 0) is 0 Å². The van der Waals surface area contributed by atoms with Crippen molar-refractivity contribution in [2.24, 2.45) is 0 Å². The first-order valence-corrected chi connectivity index (χ1v) is 7.57. The standard InChI is InChI=1S/C18H15ClN2O2/c1-11-15(17(22)13-7-9-14(19)10-8-13)16(21-18(23)20-11)12-5-3-2-4-6-12/h2-10,16H,1H3,(H2,20,21,23). The highest BCUT2D eigenvalue weighted by atomic mass is 35.5. The molecule has 2 aromatic rings. The average Bonchev–Trinajstić information content (AvgIpc) is 2.55. The molecule has 0 saturated carbocycles. The minimum absolute atomic E-state index is 0.138. The van der Waals surface area contributed by atoms with Crippen LogP contribution < -0.4 is 10.6 Å². The van der Waals surface area contributed by atoms with Crippen LogP contribution in [0.4, 0.5) is 4.79 Å². The smallest absolute Gasteiger partial charge is 0.319 e. The Bertz CT molecular complexity index is 782. The van der Waals surface area contributed by atoms with Gasteiger partial charge < -0.3 is 10.6 Å². The molecular formula is C18H15ClN2O2. The lowest BCUT2D eigenvalue weighted by atomic mass is 9.90. The van der Waals surface area contributed by atoms with Gasteiger partial charge in [0.05, 0.1) is 6.04 Å². The van der Waals surface area contributed by atoms with E-state index >= 15 is 0 Å². The van der Waals surface area contributed by atoms with Gasteiger partial charge in [-0.15, -0.1) is 0 Å². The van der Waals surface area contributed by atoms with Crippen LogP contribution in [0.3, 0.4) is 0 Å². The number of allylic oxidation sites excluding steroid dienone is 1. The van der Waals surface area contributed by atoms with Crippen molar-refractivity contribution in [3.63, 3.8) is 0 Å². The molecule has 0 aromatic heterocycles. The zero-order chi connectivity index (χ0) is 16.4. The van der Waals surface area contributed by atoms with Crippen molar-refractivity contribution in [3.8, 4) is 0 Å². The van der Waals surface area contributed by atoms with Crippen LogP contribution in [0.5, 0.6) is 0 Å². The molecule has 0 fully saturated rings. The quantitative estimate of drug-likeness (QED) is 0.842. The van der Waals surface area contributed by atoms with Crippen molar-refractivity contribution >= 4 is 23.4 Å². The summed E-state index contributed by atoms with van der Waals surface area (Å²) in [6, 6.07) is 15.4. The summed E-state index contributed by atoms with van der Waals surface area (Å²) in [5.41, 5.74) is 2.47. The summed E-state index contributed by atoms with van der Waals surface area (Å²) in [6.07, 6.45) is 0.